The highest BCUT2D eigenvalue weighted by Crippen LogP contribution is 2.14. The number of hydrogen-bond acceptors (Lipinski definition) is 4. The van der Waals surface area contributed by atoms with Gasteiger partial charge in [0.15, 0.2) is 0 Å². The van der Waals surface area contributed by atoms with E-state index in [1.165, 1.54) is 24.3 Å². The van der Waals surface area contributed by atoms with Crippen LogP contribution in [0, 0.1) is 5.82 Å². The van der Waals surface area contributed by atoms with E-state index in [1.807, 2.05) is 0 Å². The van der Waals surface area contributed by atoms with Crippen molar-refractivity contribution in [2.75, 3.05) is 11.9 Å². The maximum absolute atomic E-state index is 12.9. The number of aliphatic hydroxyl groups is 1. The Bertz CT molecular complexity index is 819. The van der Waals surface area contributed by atoms with Gasteiger partial charge >= 0.3 is 6.03 Å². The first-order valence-corrected chi connectivity index (χ1v) is 7.57. The van der Waals surface area contributed by atoms with Gasteiger partial charge in [0.05, 0.1) is 24.2 Å². The van der Waals surface area contributed by atoms with Crippen LogP contribution >= 0.6 is 0 Å². The first-order valence-electron chi connectivity index (χ1n) is 7.57. The van der Waals surface area contributed by atoms with Crippen molar-refractivity contribution in [3.05, 3.63) is 72.3 Å². The predicted molar refractivity (Wildman–Crippen MR) is 89.7 cm³/mol. The van der Waals surface area contributed by atoms with Crippen LogP contribution in [-0.2, 0) is 0 Å². The lowest BCUT2D eigenvalue weighted by atomic mass is 10.1. The molecule has 0 fully saturated rings. The van der Waals surface area contributed by atoms with Crippen LogP contribution < -0.4 is 10.6 Å². The van der Waals surface area contributed by atoms with Crippen LogP contribution in [0.1, 0.15) is 11.7 Å². The third-order valence-electron chi connectivity index (χ3n) is 3.52. The number of urea groups is 1. The fourth-order valence-electron chi connectivity index (χ4n) is 2.21. The number of nitrogens with zero attached hydrogens (tertiary/aromatic N) is 3. The summed E-state index contributed by atoms with van der Waals surface area (Å²) in [6.07, 6.45) is 2.37. The van der Waals surface area contributed by atoms with Crippen LogP contribution in [0.15, 0.2) is 60.9 Å². The zero-order valence-corrected chi connectivity index (χ0v) is 13.1. The summed E-state index contributed by atoms with van der Waals surface area (Å²) in [5, 5.41) is 22.8. The zero-order valence-electron chi connectivity index (χ0n) is 13.1. The van der Waals surface area contributed by atoms with Gasteiger partial charge in [-0.1, -0.05) is 17.3 Å². The van der Waals surface area contributed by atoms with Gasteiger partial charge in [0.25, 0.3) is 0 Å². The van der Waals surface area contributed by atoms with Crippen LogP contribution in [-0.4, -0.2) is 32.7 Å². The Morgan fingerprint density at radius 3 is 2.52 bits per heavy atom. The number of amides is 2. The minimum atomic E-state index is -0.916. The van der Waals surface area contributed by atoms with E-state index in [1.54, 1.807) is 41.3 Å². The van der Waals surface area contributed by atoms with Crippen molar-refractivity contribution in [3.63, 3.8) is 0 Å². The molecule has 0 aliphatic heterocycles. The molecule has 1 atom stereocenters. The summed E-state index contributed by atoms with van der Waals surface area (Å²) in [6.45, 7) is 0.00844. The molecular weight excluding hydrogens is 325 g/mol. The van der Waals surface area contributed by atoms with Crippen LogP contribution in [0.25, 0.3) is 5.69 Å². The molecule has 0 aliphatic carbocycles. The lowest BCUT2D eigenvalue weighted by Crippen LogP contribution is -2.32. The highest BCUT2D eigenvalue weighted by atomic mass is 19.1. The Hall–Kier alpha value is -3.26. The van der Waals surface area contributed by atoms with Crippen molar-refractivity contribution in [2.45, 2.75) is 6.10 Å². The summed E-state index contributed by atoms with van der Waals surface area (Å²) < 4.78 is 14.5. The number of benzene rings is 2. The van der Waals surface area contributed by atoms with E-state index < -0.39 is 12.1 Å². The van der Waals surface area contributed by atoms with Gasteiger partial charge < -0.3 is 15.7 Å². The van der Waals surface area contributed by atoms with Gasteiger partial charge in [-0.05, 0) is 42.0 Å². The molecule has 0 saturated carbocycles. The van der Waals surface area contributed by atoms with Gasteiger partial charge in [-0.25, -0.2) is 13.9 Å². The monoisotopic (exact) mass is 341 g/mol. The average molecular weight is 341 g/mol. The molecule has 0 spiro atoms. The number of halogens is 1. The second-order valence-corrected chi connectivity index (χ2v) is 5.30. The molecule has 8 heteroatoms. The molecule has 2 amide bonds. The van der Waals surface area contributed by atoms with Crippen LogP contribution in [0.2, 0.25) is 0 Å². The van der Waals surface area contributed by atoms with Gasteiger partial charge in [0, 0.05) is 12.2 Å². The van der Waals surface area contributed by atoms with Crippen molar-refractivity contribution >= 4 is 11.7 Å². The SMILES string of the molecule is O=C(NCC(O)c1ccc(F)cc1)Nc1ccc(-n2ccnn2)cc1. The first-order chi connectivity index (χ1) is 12.1. The van der Waals surface area contributed by atoms with Crippen molar-refractivity contribution in [2.24, 2.45) is 0 Å². The van der Waals surface area contributed by atoms with Gasteiger partial charge in [-0.15, -0.1) is 5.10 Å². The molecule has 3 rings (SSSR count). The fourth-order valence-corrected chi connectivity index (χ4v) is 2.21. The van der Waals surface area contributed by atoms with E-state index in [0.717, 1.165) is 5.69 Å². The van der Waals surface area contributed by atoms with Crippen molar-refractivity contribution < 1.29 is 14.3 Å². The van der Waals surface area contributed by atoms with Crippen molar-refractivity contribution in [3.8, 4) is 5.69 Å². The second-order valence-electron chi connectivity index (χ2n) is 5.30. The molecule has 0 bridgehead atoms. The van der Waals surface area contributed by atoms with E-state index >= 15 is 0 Å². The lowest BCUT2D eigenvalue weighted by Gasteiger charge is -2.13. The maximum Gasteiger partial charge on any atom is 0.319 e. The Morgan fingerprint density at radius 1 is 1.16 bits per heavy atom. The Labute approximate surface area is 143 Å². The molecule has 1 unspecified atom stereocenters. The zero-order chi connectivity index (χ0) is 17.6. The molecule has 3 aromatic rings. The summed E-state index contributed by atoms with van der Waals surface area (Å²) in [5.41, 5.74) is 1.94. The summed E-state index contributed by atoms with van der Waals surface area (Å²) >= 11 is 0. The molecule has 1 heterocycles. The molecule has 0 radical (unpaired) electrons. The van der Waals surface area contributed by atoms with Gasteiger partial charge in [0.2, 0.25) is 0 Å². The third kappa shape index (κ3) is 4.39. The van der Waals surface area contributed by atoms with Crippen LogP contribution in [0.5, 0.6) is 0 Å². The van der Waals surface area contributed by atoms with E-state index in [2.05, 4.69) is 20.9 Å². The van der Waals surface area contributed by atoms with Crippen LogP contribution in [0.4, 0.5) is 14.9 Å². The fraction of sp³-hybridized carbons (Fsp3) is 0.118. The molecule has 1 aromatic heterocycles. The summed E-state index contributed by atoms with van der Waals surface area (Å²) in [6, 6.07) is 12.1. The third-order valence-corrected chi connectivity index (χ3v) is 3.52. The van der Waals surface area contributed by atoms with Gasteiger partial charge in [-0.3, -0.25) is 0 Å². The molecule has 128 valence electrons. The lowest BCUT2D eigenvalue weighted by molar-refractivity contribution is 0.175. The van der Waals surface area contributed by atoms with E-state index in [-0.39, 0.29) is 12.4 Å². The first kappa shape index (κ1) is 16.6. The molecule has 0 saturated heterocycles. The number of rotatable bonds is 5. The van der Waals surface area contributed by atoms with Crippen molar-refractivity contribution in [1.29, 1.82) is 0 Å². The van der Waals surface area contributed by atoms with E-state index in [0.29, 0.717) is 11.3 Å². The minimum absolute atomic E-state index is 0.00844. The van der Waals surface area contributed by atoms with Gasteiger partial charge in [0.1, 0.15) is 5.82 Å². The Balaban J connectivity index is 1.51. The molecule has 7 nitrogen and oxygen atoms in total. The summed E-state index contributed by atoms with van der Waals surface area (Å²) in [7, 11) is 0. The topological polar surface area (TPSA) is 92.1 Å². The molecule has 25 heavy (non-hydrogen) atoms. The molecule has 0 aliphatic rings. The molecule has 3 N–H and O–H groups in total. The van der Waals surface area contributed by atoms with Gasteiger partial charge in [-0.2, -0.15) is 0 Å². The highest BCUT2D eigenvalue weighted by Gasteiger charge is 2.10. The normalized spacial score (nSPS) is 11.8. The summed E-state index contributed by atoms with van der Waals surface area (Å²) in [5.74, 6) is -0.379. The maximum atomic E-state index is 12.9. The predicted octanol–water partition coefficient (Wildman–Crippen LogP) is 2.26. The number of carbonyl (C=O) groups is 1. The quantitative estimate of drug-likeness (QED) is 0.664. The number of carbonyl (C=O) groups excluding carboxylic acids is 1. The Kier molecular flexibility index (Phi) is 5.00. The standard InChI is InChI=1S/C17H16FN5O2/c18-13-3-1-12(2-4-13)16(24)11-19-17(25)21-14-5-7-15(8-6-14)23-10-9-20-22-23/h1-10,16,24H,11H2,(H2,19,21,25). The molecular formula is C17H16FN5O2. The number of nitrogens with one attached hydrogen (secondary N) is 2. The molecule has 2 aromatic carbocycles. The number of aromatic nitrogens is 3. The second kappa shape index (κ2) is 7.54. The Morgan fingerprint density at radius 2 is 1.88 bits per heavy atom. The van der Waals surface area contributed by atoms with E-state index in [9.17, 15) is 14.3 Å². The number of hydrogen-bond donors (Lipinski definition) is 3. The van der Waals surface area contributed by atoms with E-state index in [4.69, 9.17) is 0 Å². The number of anilines is 1. The van der Waals surface area contributed by atoms with Crippen molar-refractivity contribution in [1.82, 2.24) is 20.3 Å². The smallest absolute Gasteiger partial charge is 0.319 e. The summed E-state index contributed by atoms with van der Waals surface area (Å²) in [4.78, 5) is 11.9. The van der Waals surface area contributed by atoms with Crippen LogP contribution in [0.3, 0.4) is 0 Å². The highest BCUT2D eigenvalue weighted by molar-refractivity contribution is 5.89. The number of aliphatic hydroxyl groups excluding tert-OH is 1. The average Bonchev–Trinajstić information content (AvgIpc) is 3.15. The largest absolute Gasteiger partial charge is 0.387 e. The minimum Gasteiger partial charge on any atom is -0.387 e.